The number of alkyl halides is 3. The van der Waals surface area contributed by atoms with E-state index in [2.05, 4.69) is 27.5 Å². The Kier molecular flexibility index (Phi) is 7.15. The summed E-state index contributed by atoms with van der Waals surface area (Å²) in [5.74, 6) is -0.242. The largest absolute Gasteiger partial charge is 0.421 e. The Bertz CT molecular complexity index is 975. The fraction of sp³-hybridized carbons (Fsp3) is 0.273. The Morgan fingerprint density at radius 3 is 2.40 bits per heavy atom. The lowest BCUT2D eigenvalue weighted by atomic mass is 10.1. The number of benzene rings is 2. The summed E-state index contributed by atoms with van der Waals surface area (Å²) in [7, 11) is 0. The van der Waals surface area contributed by atoms with E-state index in [1.807, 2.05) is 12.1 Å². The first kappa shape index (κ1) is 21.9. The number of aryl methyl sites for hydroxylation is 1. The van der Waals surface area contributed by atoms with Gasteiger partial charge in [-0.05, 0) is 48.7 Å². The highest BCUT2D eigenvalue weighted by molar-refractivity contribution is 6.30. The smallest absolute Gasteiger partial charge is 0.339 e. The van der Waals surface area contributed by atoms with E-state index in [1.165, 1.54) is 0 Å². The zero-order valence-corrected chi connectivity index (χ0v) is 17.2. The van der Waals surface area contributed by atoms with Crippen LogP contribution in [0.5, 0.6) is 0 Å². The molecule has 0 spiro atoms. The van der Waals surface area contributed by atoms with Gasteiger partial charge in [0, 0.05) is 22.6 Å². The highest BCUT2D eigenvalue weighted by Crippen LogP contribution is 2.36. The summed E-state index contributed by atoms with van der Waals surface area (Å²) >= 11 is 5.87. The topological polar surface area (TPSA) is 49.8 Å². The Morgan fingerprint density at radius 2 is 1.70 bits per heavy atom. The second kappa shape index (κ2) is 9.80. The van der Waals surface area contributed by atoms with Gasteiger partial charge >= 0.3 is 6.18 Å². The molecule has 0 fully saturated rings. The van der Waals surface area contributed by atoms with Crippen molar-refractivity contribution >= 4 is 34.7 Å². The SMILES string of the molecule is CCCCCc1ccccc1Nc1nc(Nc2ccc(Cl)cc2)ncc1C(F)(F)F. The summed E-state index contributed by atoms with van der Waals surface area (Å²) in [4.78, 5) is 7.94. The summed E-state index contributed by atoms with van der Waals surface area (Å²) in [5, 5.41) is 6.33. The third-order valence-corrected chi connectivity index (χ3v) is 4.77. The average molecular weight is 435 g/mol. The average Bonchev–Trinajstić information content (AvgIpc) is 2.70. The number of aromatic nitrogens is 2. The van der Waals surface area contributed by atoms with Crippen LogP contribution in [0.3, 0.4) is 0 Å². The minimum Gasteiger partial charge on any atom is -0.339 e. The molecule has 8 heteroatoms. The molecule has 0 radical (unpaired) electrons. The van der Waals surface area contributed by atoms with Crippen LogP contribution >= 0.6 is 11.6 Å². The van der Waals surface area contributed by atoms with Gasteiger partial charge in [-0.3, -0.25) is 0 Å². The third kappa shape index (κ3) is 5.86. The number of hydrogen-bond donors (Lipinski definition) is 2. The number of halogens is 4. The minimum absolute atomic E-state index is 0.0521. The molecule has 3 rings (SSSR count). The van der Waals surface area contributed by atoms with Gasteiger partial charge in [0.05, 0.1) is 0 Å². The Morgan fingerprint density at radius 1 is 0.967 bits per heavy atom. The standard InChI is InChI=1S/C22H22ClF3N4/c1-2-3-4-7-15-8-5-6-9-19(15)29-20-18(22(24,25)26)14-27-21(30-20)28-17-12-10-16(23)11-13-17/h5-6,8-14H,2-4,7H2,1H3,(H2,27,28,29,30). The van der Waals surface area contributed by atoms with Gasteiger partial charge in [-0.1, -0.05) is 49.6 Å². The van der Waals surface area contributed by atoms with Gasteiger partial charge in [0.2, 0.25) is 5.95 Å². The lowest BCUT2D eigenvalue weighted by Crippen LogP contribution is -2.13. The summed E-state index contributed by atoms with van der Waals surface area (Å²) in [6, 6.07) is 14.1. The van der Waals surface area contributed by atoms with Gasteiger partial charge in [-0.25, -0.2) is 4.98 Å². The van der Waals surface area contributed by atoms with Crippen molar-refractivity contribution in [1.29, 1.82) is 0 Å². The number of nitrogens with one attached hydrogen (secondary N) is 2. The first-order chi connectivity index (χ1) is 14.4. The van der Waals surface area contributed by atoms with Crippen molar-refractivity contribution in [1.82, 2.24) is 9.97 Å². The summed E-state index contributed by atoms with van der Waals surface area (Å²) in [5.41, 5.74) is 1.25. The number of nitrogens with zero attached hydrogens (tertiary/aromatic N) is 2. The highest BCUT2D eigenvalue weighted by Gasteiger charge is 2.35. The molecule has 30 heavy (non-hydrogen) atoms. The van der Waals surface area contributed by atoms with Crippen LogP contribution in [0, 0.1) is 0 Å². The van der Waals surface area contributed by atoms with Crippen LogP contribution < -0.4 is 10.6 Å². The van der Waals surface area contributed by atoms with E-state index in [0.717, 1.165) is 37.4 Å². The molecule has 0 aliphatic carbocycles. The molecular weight excluding hydrogens is 413 g/mol. The second-order valence-corrected chi connectivity index (χ2v) is 7.26. The monoisotopic (exact) mass is 434 g/mol. The summed E-state index contributed by atoms with van der Waals surface area (Å²) in [6.45, 7) is 2.11. The molecular formula is C22H22ClF3N4. The number of para-hydroxylation sites is 1. The molecule has 0 unspecified atom stereocenters. The summed E-state index contributed by atoms with van der Waals surface area (Å²) < 4.78 is 40.6. The molecule has 3 aromatic rings. The van der Waals surface area contributed by atoms with E-state index in [1.54, 1.807) is 36.4 Å². The molecule has 0 aliphatic heterocycles. The van der Waals surface area contributed by atoms with Crippen molar-refractivity contribution in [3.05, 3.63) is 70.9 Å². The van der Waals surface area contributed by atoms with Crippen LogP contribution in [0.1, 0.15) is 37.3 Å². The predicted octanol–water partition coefficient (Wildman–Crippen LogP) is 7.37. The van der Waals surface area contributed by atoms with Crippen LogP contribution in [0.2, 0.25) is 5.02 Å². The number of anilines is 4. The van der Waals surface area contributed by atoms with Crippen molar-refractivity contribution < 1.29 is 13.2 Å². The van der Waals surface area contributed by atoms with Crippen molar-refractivity contribution in [2.45, 2.75) is 38.8 Å². The molecule has 0 amide bonds. The van der Waals surface area contributed by atoms with E-state index < -0.39 is 11.7 Å². The van der Waals surface area contributed by atoms with Crippen molar-refractivity contribution in [3.8, 4) is 0 Å². The van der Waals surface area contributed by atoms with Crippen LogP contribution in [0.4, 0.5) is 36.3 Å². The molecule has 4 nitrogen and oxygen atoms in total. The number of rotatable bonds is 8. The Balaban J connectivity index is 1.91. The van der Waals surface area contributed by atoms with Gasteiger partial charge in [0.1, 0.15) is 11.4 Å². The maximum Gasteiger partial charge on any atom is 0.421 e. The predicted molar refractivity (Wildman–Crippen MR) is 115 cm³/mol. The van der Waals surface area contributed by atoms with Crippen LogP contribution in [0.25, 0.3) is 0 Å². The molecule has 0 bridgehead atoms. The van der Waals surface area contributed by atoms with Crippen molar-refractivity contribution in [2.24, 2.45) is 0 Å². The summed E-state index contributed by atoms with van der Waals surface area (Å²) in [6.07, 6.45) is 0.0730. The number of hydrogen-bond acceptors (Lipinski definition) is 4. The third-order valence-electron chi connectivity index (χ3n) is 4.51. The second-order valence-electron chi connectivity index (χ2n) is 6.82. The van der Waals surface area contributed by atoms with E-state index in [-0.39, 0.29) is 11.8 Å². The van der Waals surface area contributed by atoms with Gasteiger partial charge in [0.15, 0.2) is 0 Å². The fourth-order valence-corrected chi connectivity index (χ4v) is 3.09. The van der Waals surface area contributed by atoms with Gasteiger partial charge in [-0.15, -0.1) is 0 Å². The zero-order valence-electron chi connectivity index (χ0n) is 16.4. The minimum atomic E-state index is -4.59. The normalized spacial score (nSPS) is 11.4. The molecule has 2 aromatic carbocycles. The van der Waals surface area contributed by atoms with Crippen LogP contribution in [-0.2, 0) is 12.6 Å². The van der Waals surface area contributed by atoms with Crippen LogP contribution in [-0.4, -0.2) is 9.97 Å². The Labute approximate surface area is 178 Å². The van der Waals surface area contributed by atoms with E-state index in [4.69, 9.17) is 11.6 Å². The van der Waals surface area contributed by atoms with Gasteiger partial charge < -0.3 is 10.6 Å². The number of unbranched alkanes of at least 4 members (excludes halogenated alkanes) is 2. The molecule has 0 aliphatic rings. The first-order valence-electron chi connectivity index (χ1n) is 9.68. The van der Waals surface area contributed by atoms with Crippen molar-refractivity contribution in [2.75, 3.05) is 10.6 Å². The van der Waals surface area contributed by atoms with E-state index in [0.29, 0.717) is 16.4 Å². The molecule has 0 atom stereocenters. The molecule has 0 saturated carbocycles. The molecule has 1 heterocycles. The molecule has 0 saturated heterocycles. The van der Waals surface area contributed by atoms with Gasteiger partial charge in [0.25, 0.3) is 0 Å². The van der Waals surface area contributed by atoms with E-state index in [9.17, 15) is 13.2 Å². The van der Waals surface area contributed by atoms with E-state index >= 15 is 0 Å². The lowest BCUT2D eigenvalue weighted by Gasteiger charge is -2.17. The molecule has 2 N–H and O–H groups in total. The lowest BCUT2D eigenvalue weighted by molar-refractivity contribution is -0.137. The fourth-order valence-electron chi connectivity index (χ4n) is 2.96. The maximum atomic E-state index is 13.5. The quantitative estimate of drug-likeness (QED) is 0.363. The van der Waals surface area contributed by atoms with Crippen LogP contribution in [0.15, 0.2) is 54.7 Å². The first-order valence-corrected chi connectivity index (χ1v) is 10.1. The highest BCUT2D eigenvalue weighted by atomic mass is 35.5. The zero-order chi connectivity index (χ0) is 21.6. The maximum absolute atomic E-state index is 13.5. The molecule has 158 valence electrons. The Hall–Kier alpha value is -2.80. The van der Waals surface area contributed by atoms with Gasteiger partial charge in [-0.2, -0.15) is 18.2 Å². The molecule has 1 aromatic heterocycles. The van der Waals surface area contributed by atoms with Crippen molar-refractivity contribution in [3.63, 3.8) is 0 Å².